The second kappa shape index (κ2) is 6.95. The van der Waals surface area contributed by atoms with Crippen LogP contribution in [-0.2, 0) is 0 Å². The van der Waals surface area contributed by atoms with Crippen LogP contribution in [0.4, 0.5) is 0 Å². The summed E-state index contributed by atoms with van der Waals surface area (Å²) in [6, 6.07) is 42.1. The third-order valence-electron chi connectivity index (χ3n) is 7.14. The molecule has 1 heteroatoms. The van der Waals surface area contributed by atoms with Crippen molar-refractivity contribution in [1.82, 2.24) is 0 Å². The van der Waals surface area contributed by atoms with Crippen LogP contribution in [0, 0.1) is 0 Å². The van der Waals surface area contributed by atoms with Crippen LogP contribution in [0.3, 0.4) is 0 Å². The molecule has 33 heavy (non-hydrogen) atoms. The molecule has 0 unspecified atom stereocenters. The Morgan fingerprint density at radius 2 is 0.848 bits per heavy atom. The molecule has 0 bridgehead atoms. The largest absolute Gasteiger partial charge is 0.140 e. The van der Waals surface area contributed by atoms with Gasteiger partial charge in [-0.2, -0.15) is 0 Å². The molecule has 0 radical (unpaired) electrons. The van der Waals surface area contributed by atoms with Crippen molar-refractivity contribution in [2.75, 3.05) is 0 Å². The number of hydrogen-bond acceptors (Lipinski definition) is 0. The van der Waals surface area contributed by atoms with Crippen molar-refractivity contribution in [3.8, 4) is 44.5 Å². The van der Waals surface area contributed by atoms with Gasteiger partial charge >= 0.3 is 0 Å². The van der Waals surface area contributed by atoms with Crippen molar-refractivity contribution >= 4 is 34.9 Å². The van der Waals surface area contributed by atoms with Gasteiger partial charge in [-0.1, -0.05) is 121 Å². The molecule has 0 saturated carbocycles. The molecule has 0 nitrogen and oxygen atoms in total. The number of benzene rings is 6. The Hall–Kier alpha value is -4.10. The average Bonchev–Trinajstić information content (AvgIpc) is 3.21. The van der Waals surface area contributed by atoms with E-state index >= 15 is 0 Å². The molecule has 7 rings (SSSR count). The van der Waals surface area contributed by atoms with Gasteiger partial charge in [0.05, 0.1) is 0 Å². The fourth-order valence-electron chi connectivity index (χ4n) is 5.76. The second-order valence-electron chi connectivity index (χ2n) is 8.94. The van der Waals surface area contributed by atoms with E-state index in [9.17, 15) is 0 Å². The Balaban J connectivity index is 1.78. The maximum atomic E-state index is 2.34. The molecule has 0 amide bonds. The molecule has 0 fully saturated rings. The smallest absolute Gasteiger partial charge is 0.0812 e. The van der Waals surface area contributed by atoms with Gasteiger partial charge in [0.15, 0.2) is 0 Å². The first kappa shape index (κ1) is 18.5. The summed E-state index contributed by atoms with van der Waals surface area (Å²) >= 11 is 0. The summed E-state index contributed by atoms with van der Waals surface area (Å²) in [5, 5.41) is 5.35. The minimum Gasteiger partial charge on any atom is -0.0812 e. The predicted octanol–water partition coefficient (Wildman–Crippen LogP) is 7.23. The van der Waals surface area contributed by atoms with Gasteiger partial charge in [-0.3, -0.25) is 0 Å². The Kier molecular flexibility index (Phi) is 3.89. The van der Waals surface area contributed by atoms with E-state index in [4.69, 9.17) is 0 Å². The van der Waals surface area contributed by atoms with Crippen LogP contribution in [0.15, 0.2) is 115 Å². The zero-order chi connectivity index (χ0) is 21.9. The normalized spacial score (nSPS) is 11.8. The van der Waals surface area contributed by atoms with E-state index in [1.165, 1.54) is 71.5 Å². The van der Waals surface area contributed by atoms with Crippen LogP contribution in [-0.4, -0.2) is 7.85 Å². The lowest BCUT2D eigenvalue weighted by atomic mass is 9.82. The molecule has 0 N–H and O–H groups in total. The average molecular weight is 416 g/mol. The van der Waals surface area contributed by atoms with Crippen LogP contribution in [0.2, 0.25) is 0 Å². The maximum absolute atomic E-state index is 2.34. The van der Waals surface area contributed by atoms with E-state index in [0.717, 1.165) is 0 Å². The third kappa shape index (κ3) is 2.54. The van der Waals surface area contributed by atoms with Gasteiger partial charge in [-0.15, -0.1) is 0 Å². The van der Waals surface area contributed by atoms with Gasteiger partial charge in [-0.25, -0.2) is 0 Å². The van der Waals surface area contributed by atoms with Crippen molar-refractivity contribution in [3.05, 3.63) is 115 Å². The Morgan fingerprint density at radius 1 is 0.364 bits per heavy atom. The van der Waals surface area contributed by atoms with Crippen molar-refractivity contribution in [1.29, 1.82) is 0 Å². The van der Waals surface area contributed by atoms with Gasteiger partial charge in [0.25, 0.3) is 0 Å². The quantitative estimate of drug-likeness (QED) is 0.261. The first-order valence-electron chi connectivity index (χ1n) is 11.6. The van der Waals surface area contributed by atoms with Gasteiger partial charge in [-0.05, 0) is 66.1 Å². The molecule has 0 aliphatic heterocycles. The van der Waals surface area contributed by atoms with E-state index in [-0.39, 0.29) is 0 Å². The highest BCUT2D eigenvalue weighted by molar-refractivity contribution is 6.41. The standard InChI is InChI=1S/C32H21B/c33-27-19-18-26-30-24(27)16-9-17-25(30)31-28(20-10-3-1-4-11-20)22-14-7-8-15-23(22)29(32(26)31)21-12-5-2-6-13-21/h1-19H,33H2. The Bertz CT molecular complexity index is 1600. The fraction of sp³-hybridized carbons (Fsp3) is 0. The van der Waals surface area contributed by atoms with E-state index < -0.39 is 0 Å². The fourth-order valence-corrected chi connectivity index (χ4v) is 5.76. The molecule has 152 valence electrons. The van der Waals surface area contributed by atoms with Gasteiger partial charge in [0, 0.05) is 0 Å². The molecule has 0 atom stereocenters. The zero-order valence-electron chi connectivity index (χ0n) is 18.5. The molecular formula is C32H21B. The lowest BCUT2D eigenvalue weighted by Gasteiger charge is -2.20. The molecule has 6 aromatic rings. The summed E-state index contributed by atoms with van der Waals surface area (Å²) in [5.41, 5.74) is 12.0. The summed E-state index contributed by atoms with van der Waals surface area (Å²) in [6.07, 6.45) is 0. The van der Waals surface area contributed by atoms with E-state index in [0.29, 0.717) is 0 Å². The topological polar surface area (TPSA) is 0 Å². The summed E-state index contributed by atoms with van der Waals surface area (Å²) in [4.78, 5) is 0. The van der Waals surface area contributed by atoms with Crippen LogP contribution >= 0.6 is 0 Å². The van der Waals surface area contributed by atoms with Crippen molar-refractivity contribution in [2.45, 2.75) is 0 Å². The molecule has 1 aliphatic carbocycles. The number of fused-ring (bicyclic) bond motifs is 4. The van der Waals surface area contributed by atoms with Crippen LogP contribution in [0.25, 0.3) is 66.1 Å². The van der Waals surface area contributed by atoms with Crippen LogP contribution in [0.5, 0.6) is 0 Å². The highest BCUT2D eigenvalue weighted by Gasteiger charge is 2.30. The number of hydrogen-bond donors (Lipinski definition) is 0. The summed E-state index contributed by atoms with van der Waals surface area (Å²) in [5.74, 6) is 0. The van der Waals surface area contributed by atoms with Crippen LogP contribution < -0.4 is 5.46 Å². The van der Waals surface area contributed by atoms with Crippen molar-refractivity contribution in [2.24, 2.45) is 0 Å². The third-order valence-corrected chi connectivity index (χ3v) is 7.14. The molecule has 0 saturated heterocycles. The van der Waals surface area contributed by atoms with Gasteiger partial charge in [0.1, 0.15) is 7.85 Å². The monoisotopic (exact) mass is 416 g/mol. The molecule has 6 aromatic carbocycles. The second-order valence-corrected chi connectivity index (χ2v) is 8.94. The van der Waals surface area contributed by atoms with Crippen LogP contribution in [0.1, 0.15) is 0 Å². The predicted molar refractivity (Wildman–Crippen MR) is 145 cm³/mol. The van der Waals surface area contributed by atoms with E-state index in [2.05, 4.69) is 123 Å². The Labute approximate surface area is 194 Å². The number of rotatable bonds is 2. The minimum atomic E-state index is 1.27. The zero-order valence-corrected chi connectivity index (χ0v) is 18.5. The first-order chi connectivity index (χ1) is 16.3. The van der Waals surface area contributed by atoms with E-state index in [1.54, 1.807) is 0 Å². The lowest BCUT2D eigenvalue weighted by molar-refractivity contribution is 1.62. The first-order valence-corrected chi connectivity index (χ1v) is 11.6. The highest BCUT2D eigenvalue weighted by Crippen LogP contribution is 2.57. The Morgan fingerprint density at radius 3 is 1.42 bits per heavy atom. The summed E-state index contributed by atoms with van der Waals surface area (Å²) < 4.78 is 0. The summed E-state index contributed by atoms with van der Waals surface area (Å²) in [7, 11) is 2.22. The molecule has 0 aromatic heterocycles. The summed E-state index contributed by atoms with van der Waals surface area (Å²) in [6.45, 7) is 0. The van der Waals surface area contributed by atoms with Gasteiger partial charge in [0.2, 0.25) is 0 Å². The van der Waals surface area contributed by atoms with E-state index in [1.807, 2.05) is 0 Å². The molecular weight excluding hydrogens is 395 g/mol. The highest BCUT2D eigenvalue weighted by atomic mass is 14.3. The SMILES string of the molecule is Bc1ccc2c3c(cccc13)-c1c-2c(-c2ccccc2)c2ccccc2c1-c1ccccc1. The maximum Gasteiger partial charge on any atom is 0.140 e. The van der Waals surface area contributed by atoms with Crippen molar-refractivity contribution < 1.29 is 0 Å². The van der Waals surface area contributed by atoms with Gasteiger partial charge < -0.3 is 0 Å². The molecule has 0 spiro atoms. The minimum absolute atomic E-state index is 1.27. The lowest BCUT2D eigenvalue weighted by Crippen LogP contribution is -2.02. The molecule has 0 heterocycles. The molecule has 1 aliphatic rings. The van der Waals surface area contributed by atoms with Crippen molar-refractivity contribution in [3.63, 3.8) is 0 Å².